The zero-order chi connectivity index (χ0) is 10.5. The predicted molar refractivity (Wildman–Crippen MR) is 52.2 cm³/mol. The van der Waals surface area contributed by atoms with Gasteiger partial charge in [-0.1, -0.05) is 6.42 Å². The summed E-state index contributed by atoms with van der Waals surface area (Å²) in [5, 5.41) is 0. The van der Waals surface area contributed by atoms with Crippen molar-refractivity contribution < 1.29 is 9.53 Å². The first-order chi connectivity index (χ1) is 5.81. The first-order valence-electron chi connectivity index (χ1n) is 4.55. The smallest absolute Gasteiger partial charge is 0.405 e. The second-order valence-corrected chi connectivity index (χ2v) is 4.22. The number of carbonyl (C=O) groups is 1. The van der Waals surface area contributed by atoms with Gasteiger partial charge in [0.15, 0.2) is 0 Å². The number of rotatable bonds is 0. The molecule has 78 valence electrons. The Morgan fingerprint density at radius 1 is 1.38 bits per heavy atom. The van der Waals surface area contributed by atoms with E-state index in [1.165, 1.54) is 19.3 Å². The SMILES string of the molecule is CC(C)(C)OC(N)=O.NC1CCC1. The largest absolute Gasteiger partial charge is 0.444 e. The maximum Gasteiger partial charge on any atom is 0.405 e. The van der Waals surface area contributed by atoms with Crippen molar-refractivity contribution in [3.05, 3.63) is 0 Å². The lowest BCUT2D eigenvalue weighted by molar-refractivity contribution is 0.0600. The highest BCUT2D eigenvalue weighted by molar-refractivity contribution is 5.65. The van der Waals surface area contributed by atoms with Gasteiger partial charge in [0.1, 0.15) is 5.60 Å². The topological polar surface area (TPSA) is 78.3 Å². The fourth-order valence-corrected chi connectivity index (χ4v) is 0.742. The average molecular weight is 188 g/mol. The van der Waals surface area contributed by atoms with Crippen molar-refractivity contribution in [3.63, 3.8) is 0 Å². The van der Waals surface area contributed by atoms with Crippen LogP contribution in [0.2, 0.25) is 0 Å². The van der Waals surface area contributed by atoms with Gasteiger partial charge in [-0.2, -0.15) is 0 Å². The van der Waals surface area contributed by atoms with Crippen molar-refractivity contribution >= 4 is 6.09 Å². The number of nitrogens with two attached hydrogens (primary N) is 2. The number of carbonyl (C=O) groups excluding carboxylic acids is 1. The molecule has 0 heterocycles. The van der Waals surface area contributed by atoms with Gasteiger partial charge in [0.05, 0.1) is 0 Å². The van der Waals surface area contributed by atoms with Crippen LogP contribution in [0.3, 0.4) is 0 Å². The average Bonchev–Trinajstić information content (AvgIpc) is 1.78. The lowest BCUT2D eigenvalue weighted by atomic mass is 9.95. The van der Waals surface area contributed by atoms with Crippen LogP contribution in [0.4, 0.5) is 4.79 Å². The summed E-state index contributed by atoms with van der Waals surface area (Å²) >= 11 is 0. The molecule has 4 nitrogen and oxygen atoms in total. The van der Waals surface area contributed by atoms with Crippen LogP contribution in [0.25, 0.3) is 0 Å². The van der Waals surface area contributed by atoms with Crippen LogP contribution in [0.15, 0.2) is 0 Å². The Morgan fingerprint density at radius 2 is 1.77 bits per heavy atom. The molecule has 0 aromatic carbocycles. The fraction of sp³-hybridized carbons (Fsp3) is 0.889. The molecule has 0 saturated heterocycles. The van der Waals surface area contributed by atoms with Gasteiger partial charge in [-0.15, -0.1) is 0 Å². The van der Waals surface area contributed by atoms with Crippen molar-refractivity contribution in [2.24, 2.45) is 11.5 Å². The van der Waals surface area contributed by atoms with Gasteiger partial charge < -0.3 is 16.2 Å². The summed E-state index contributed by atoms with van der Waals surface area (Å²) in [6, 6.07) is 0.565. The van der Waals surface area contributed by atoms with E-state index in [2.05, 4.69) is 4.74 Å². The van der Waals surface area contributed by atoms with Gasteiger partial charge in [0, 0.05) is 6.04 Å². The Morgan fingerprint density at radius 3 is 1.77 bits per heavy atom. The van der Waals surface area contributed by atoms with Gasteiger partial charge >= 0.3 is 6.09 Å². The van der Waals surface area contributed by atoms with E-state index in [-0.39, 0.29) is 0 Å². The second kappa shape index (κ2) is 5.07. The van der Waals surface area contributed by atoms with Gasteiger partial charge in [0.2, 0.25) is 0 Å². The molecule has 0 spiro atoms. The van der Waals surface area contributed by atoms with E-state index in [9.17, 15) is 4.79 Å². The Bertz CT molecular complexity index is 159. The number of ether oxygens (including phenoxy) is 1. The van der Waals surface area contributed by atoms with E-state index in [0.29, 0.717) is 6.04 Å². The molecule has 0 aromatic rings. The lowest BCUT2D eigenvalue weighted by Gasteiger charge is -2.18. The number of hydrogen-bond donors (Lipinski definition) is 2. The third-order valence-electron chi connectivity index (χ3n) is 1.56. The van der Waals surface area contributed by atoms with E-state index in [4.69, 9.17) is 11.5 Å². The van der Waals surface area contributed by atoms with Crippen molar-refractivity contribution in [1.82, 2.24) is 0 Å². The van der Waals surface area contributed by atoms with Crippen molar-refractivity contribution in [1.29, 1.82) is 0 Å². The molecular weight excluding hydrogens is 168 g/mol. The first kappa shape index (κ1) is 12.2. The molecule has 1 rings (SSSR count). The van der Waals surface area contributed by atoms with Gasteiger partial charge in [-0.25, -0.2) is 4.79 Å². The highest BCUT2D eigenvalue weighted by Crippen LogP contribution is 2.14. The quantitative estimate of drug-likeness (QED) is 0.602. The minimum atomic E-state index is -0.725. The van der Waals surface area contributed by atoms with Crippen LogP contribution in [0, 0.1) is 0 Å². The number of primary amides is 1. The Labute approximate surface area is 79.6 Å². The highest BCUT2D eigenvalue weighted by atomic mass is 16.6. The van der Waals surface area contributed by atoms with E-state index < -0.39 is 11.7 Å². The molecule has 0 aromatic heterocycles. The summed E-state index contributed by atoms with van der Waals surface area (Å²) in [5.74, 6) is 0. The molecule has 4 N–H and O–H groups in total. The molecule has 0 bridgehead atoms. The Kier molecular flexibility index (Phi) is 4.77. The normalized spacial score (nSPS) is 16.6. The summed E-state index contributed by atoms with van der Waals surface area (Å²) in [7, 11) is 0. The highest BCUT2D eigenvalue weighted by Gasteiger charge is 2.12. The van der Waals surface area contributed by atoms with Crippen molar-refractivity contribution in [2.45, 2.75) is 51.7 Å². The summed E-state index contributed by atoms with van der Waals surface area (Å²) in [5.41, 5.74) is 9.64. The van der Waals surface area contributed by atoms with Crippen LogP contribution in [0.1, 0.15) is 40.0 Å². The van der Waals surface area contributed by atoms with Crippen LogP contribution < -0.4 is 11.5 Å². The van der Waals surface area contributed by atoms with Gasteiger partial charge in [-0.05, 0) is 33.6 Å². The monoisotopic (exact) mass is 188 g/mol. The zero-order valence-corrected chi connectivity index (χ0v) is 8.67. The van der Waals surface area contributed by atoms with Crippen molar-refractivity contribution in [3.8, 4) is 0 Å². The van der Waals surface area contributed by atoms with E-state index in [1.54, 1.807) is 20.8 Å². The Hall–Kier alpha value is -0.770. The minimum Gasteiger partial charge on any atom is -0.444 e. The first-order valence-corrected chi connectivity index (χ1v) is 4.55. The van der Waals surface area contributed by atoms with E-state index >= 15 is 0 Å². The van der Waals surface area contributed by atoms with E-state index in [0.717, 1.165) is 0 Å². The maximum absolute atomic E-state index is 10.0. The molecule has 0 radical (unpaired) electrons. The molecule has 1 fully saturated rings. The molecule has 0 atom stereocenters. The van der Waals surface area contributed by atoms with Crippen molar-refractivity contribution in [2.75, 3.05) is 0 Å². The van der Waals surface area contributed by atoms with Crippen LogP contribution >= 0.6 is 0 Å². The van der Waals surface area contributed by atoms with Gasteiger partial charge in [0.25, 0.3) is 0 Å². The number of amides is 1. The standard InChI is InChI=1S/C5H11NO2.C4H9N/c1-5(2,3)8-4(6)7;5-4-2-1-3-4/h1-3H3,(H2,6,7);4H,1-3,5H2. The van der Waals surface area contributed by atoms with E-state index in [1.807, 2.05) is 0 Å². The minimum absolute atomic E-state index is 0.453. The molecule has 1 aliphatic carbocycles. The van der Waals surface area contributed by atoms with Crippen LogP contribution in [-0.4, -0.2) is 17.7 Å². The summed E-state index contributed by atoms with van der Waals surface area (Å²) in [6.07, 6.45) is 3.17. The third-order valence-corrected chi connectivity index (χ3v) is 1.56. The Balaban J connectivity index is 0.000000243. The lowest BCUT2D eigenvalue weighted by Crippen LogP contribution is -2.27. The number of hydrogen-bond acceptors (Lipinski definition) is 3. The maximum atomic E-state index is 10.0. The molecule has 1 saturated carbocycles. The van der Waals surface area contributed by atoms with Crippen LogP contribution in [0.5, 0.6) is 0 Å². The zero-order valence-electron chi connectivity index (χ0n) is 8.67. The molecule has 0 unspecified atom stereocenters. The van der Waals surface area contributed by atoms with Gasteiger partial charge in [-0.3, -0.25) is 0 Å². The molecule has 1 aliphatic rings. The molecule has 13 heavy (non-hydrogen) atoms. The summed E-state index contributed by atoms with van der Waals surface area (Å²) in [6.45, 7) is 5.28. The second-order valence-electron chi connectivity index (χ2n) is 4.22. The molecule has 4 heteroatoms. The fourth-order valence-electron chi connectivity index (χ4n) is 0.742. The summed E-state index contributed by atoms with van der Waals surface area (Å²) in [4.78, 5) is 10.0. The molecular formula is C9H20N2O2. The molecule has 0 aliphatic heterocycles. The molecule has 1 amide bonds. The summed E-state index contributed by atoms with van der Waals surface area (Å²) < 4.78 is 4.58. The van der Waals surface area contributed by atoms with Crippen LogP contribution in [-0.2, 0) is 4.74 Å². The predicted octanol–water partition coefficient (Wildman–Crippen LogP) is 1.38. The third kappa shape index (κ3) is 9.14.